The highest BCUT2D eigenvalue weighted by Crippen LogP contribution is 2.29. The largest absolute Gasteiger partial charge is 0.381 e. The Kier molecular flexibility index (Phi) is 3.62. The van der Waals surface area contributed by atoms with Crippen LogP contribution in [0.25, 0.3) is 10.9 Å². The molecule has 4 heteroatoms. The number of hydrogen-bond donors (Lipinski definition) is 2. The molecule has 0 bridgehead atoms. The van der Waals surface area contributed by atoms with Crippen LogP contribution in [0.15, 0.2) is 24.3 Å². The van der Waals surface area contributed by atoms with E-state index < -0.39 is 0 Å². The van der Waals surface area contributed by atoms with Gasteiger partial charge in [0.2, 0.25) is 5.91 Å². The number of ether oxygens (including phenoxy) is 1. The number of para-hydroxylation sites is 1. The van der Waals surface area contributed by atoms with Crippen LogP contribution in [0.2, 0.25) is 0 Å². The van der Waals surface area contributed by atoms with Gasteiger partial charge in [0.15, 0.2) is 0 Å². The number of aromatic nitrogens is 1. The van der Waals surface area contributed by atoms with Crippen molar-refractivity contribution in [2.24, 2.45) is 5.92 Å². The van der Waals surface area contributed by atoms with E-state index in [9.17, 15) is 4.79 Å². The first-order valence-corrected chi connectivity index (χ1v) is 8.28. The molecule has 1 aliphatic heterocycles. The van der Waals surface area contributed by atoms with E-state index in [-0.39, 0.29) is 17.9 Å². The summed E-state index contributed by atoms with van der Waals surface area (Å²) in [6.45, 7) is 1.44. The van der Waals surface area contributed by atoms with Gasteiger partial charge >= 0.3 is 0 Å². The van der Waals surface area contributed by atoms with Gasteiger partial charge in [0.25, 0.3) is 0 Å². The molecular weight excluding hydrogens is 276 g/mol. The Balaban J connectivity index is 1.48. The molecule has 0 saturated carbocycles. The van der Waals surface area contributed by atoms with Crippen molar-refractivity contribution in [3.63, 3.8) is 0 Å². The van der Waals surface area contributed by atoms with Gasteiger partial charge in [-0.25, -0.2) is 0 Å². The Hall–Kier alpha value is -1.81. The number of carbonyl (C=O) groups is 1. The van der Waals surface area contributed by atoms with Crippen LogP contribution in [0.4, 0.5) is 0 Å². The molecule has 1 aliphatic carbocycles. The molecule has 1 unspecified atom stereocenters. The fourth-order valence-electron chi connectivity index (χ4n) is 3.77. The van der Waals surface area contributed by atoms with Crippen molar-refractivity contribution in [3.8, 4) is 0 Å². The van der Waals surface area contributed by atoms with Crippen LogP contribution in [-0.4, -0.2) is 30.1 Å². The van der Waals surface area contributed by atoms with E-state index in [0.717, 1.165) is 45.3 Å². The molecule has 1 aromatic carbocycles. The van der Waals surface area contributed by atoms with Crippen LogP contribution in [0.3, 0.4) is 0 Å². The van der Waals surface area contributed by atoms with E-state index in [0.29, 0.717) is 0 Å². The lowest BCUT2D eigenvalue weighted by molar-refractivity contribution is -0.128. The van der Waals surface area contributed by atoms with Gasteiger partial charge in [-0.1, -0.05) is 18.2 Å². The Morgan fingerprint density at radius 2 is 2.00 bits per heavy atom. The number of carbonyl (C=O) groups excluding carboxylic acids is 1. The van der Waals surface area contributed by atoms with E-state index in [2.05, 4.69) is 34.6 Å². The number of rotatable bonds is 2. The van der Waals surface area contributed by atoms with Gasteiger partial charge in [-0.2, -0.15) is 0 Å². The standard InChI is InChI=1S/C18H22N2O2/c21-18(12-7-9-22-10-8-12)19-13-5-6-17-15(11-13)14-3-1-2-4-16(14)20-17/h1-4,12-13,20H,5-11H2,(H,19,21). The van der Waals surface area contributed by atoms with E-state index >= 15 is 0 Å². The van der Waals surface area contributed by atoms with E-state index in [4.69, 9.17) is 4.74 Å². The van der Waals surface area contributed by atoms with E-state index in [1.165, 1.54) is 22.2 Å². The Labute approximate surface area is 130 Å². The van der Waals surface area contributed by atoms with Gasteiger partial charge in [0.1, 0.15) is 0 Å². The molecule has 0 radical (unpaired) electrons. The molecule has 1 saturated heterocycles. The van der Waals surface area contributed by atoms with Gasteiger partial charge in [0.05, 0.1) is 0 Å². The lowest BCUT2D eigenvalue weighted by Gasteiger charge is -2.27. The summed E-state index contributed by atoms with van der Waals surface area (Å²) in [6.07, 6.45) is 4.69. The first kappa shape index (κ1) is 13.8. The lowest BCUT2D eigenvalue weighted by atomic mass is 9.90. The number of H-pyrrole nitrogens is 1. The van der Waals surface area contributed by atoms with Gasteiger partial charge in [-0.15, -0.1) is 0 Å². The highest BCUT2D eigenvalue weighted by Gasteiger charge is 2.27. The number of aryl methyl sites for hydroxylation is 1. The van der Waals surface area contributed by atoms with Crippen molar-refractivity contribution in [1.29, 1.82) is 0 Å². The Morgan fingerprint density at radius 1 is 1.18 bits per heavy atom. The molecule has 1 atom stereocenters. The number of benzene rings is 1. The minimum absolute atomic E-state index is 0.137. The molecule has 22 heavy (non-hydrogen) atoms. The van der Waals surface area contributed by atoms with Crippen LogP contribution >= 0.6 is 0 Å². The molecular formula is C18H22N2O2. The minimum atomic E-state index is 0.137. The van der Waals surface area contributed by atoms with Gasteiger partial charge in [-0.3, -0.25) is 4.79 Å². The smallest absolute Gasteiger partial charge is 0.223 e. The summed E-state index contributed by atoms with van der Waals surface area (Å²) in [5.74, 6) is 0.356. The quantitative estimate of drug-likeness (QED) is 0.895. The highest BCUT2D eigenvalue weighted by atomic mass is 16.5. The SMILES string of the molecule is O=C(NC1CCc2[nH]c3ccccc3c2C1)C1CCOCC1. The van der Waals surface area contributed by atoms with Crippen LogP contribution in [0.5, 0.6) is 0 Å². The zero-order valence-electron chi connectivity index (χ0n) is 12.7. The molecule has 2 aliphatic rings. The first-order chi connectivity index (χ1) is 10.8. The number of hydrogen-bond acceptors (Lipinski definition) is 2. The maximum Gasteiger partial charge on any atom is 0.223 e. The molecule has 4 rings (SSSR count). The molecule has 2 N–H and O–H groups in total. The summed E-state index contributed by atoms with van der Waals surface area (Å²) >= 11 is 0. The molecule has 2 heterocycles. The Bertz CT molecular complexity index is 685. The van der Waals surface area contributed by atoms with Gasteiger partial charge < -0.3 is 15.0 Å². The average Bonchev–Trinajstić information content (AvgIpc) is 2.94. The molecule has 116 valence electrons. The van der Waals surface area contributed by atoms with Crippen molar-refractivity contribution in [3.05, 3.63) is 35.5 Å². The zero-order valence-corrected chi connectivity index (χ0v) is 12.7. The predicted octanol–water partition coefficient (Wildman–Crippen LogP) is 2.57. The molecule has 2 aromatic rings. The Morgan fingerprint density at radius 3 is 2.86 bits per heavy atom. The summed E-state index contributed by atoms with van der Waals surface area (Å²) in [5, 5.41) is 4.58. The molecule has 1 amide bonds. The zero-order chi connectivity index (χ0) is 14.9. The minimum Gasteiger partial charge on any atom is -0.381 e. The monoisotopic (exact) mass is 298 g/mol. The summed E-state index contributed by atoms with van der Waals surface area (Å²) in [4.78, 5) is 15.9. The van der Waals surface area contributed by atoms with Crippen molar-refractivity contribution < 1.29 is 9.53 Å². The van der Waals surface area contributed by atoms with Crippen LogP contribution < -0.4 is 5.32 Å². The van der Waals surface area contributed by atoms with Crippen molar-refractivity contribution >= 4 is 16.8 Å². The molecule has 1 aromatic heterocycles. The second-order valence-corrected chi connectivity index (χ2v) is 6.46. The van der Waals surface area contributed by atoms with Crippen LogP contribution in [0.1, 0.15) is 30.5 Å². The van der Waals surface area contributed by atoms with E-state index in [1.807, 2.05) is 0 Å². The number of fused-ring (bicyclic) bond motifs is 3. The summed E-state index contributed by atoms with van der Waals surface area (Å²) in [6, 6.07) is 8.72. The summed E-state index contributed by atoms with van der Waals surface area (Å²) in [5.41, 5.74) is 3.95. The van der Waals surface area contributed by atoms with Crippen molar-refractivity contribution in [2.75, 3.05) is 13.2 Å². The topological polar surface area (TPSA) is 54.1 Å². The van der Waals surface area contributed by atoms with Gasteiger partial charge in [0, 0.05) is 41.8 Å². The second kappa shape index (κ2) is 5.76. The average molecular weight is 298 g/mol. The highest BCUT2D eigenvalue weighted by molar-refractivity contribution is 5.85. The van der Waals surface area contributed by atoms with Crippen LogP contribution in [-0.2, 0) is 22.4 Å². The third-order valence-corrected chi connectivity index (χ3v) is 5.03. The first-order valence-electron chi connectivity index (χ1n) is 8.28. The van der Waals surface area contributed by atoms with Crippen LogP contribution in [0, 0.1) is 5.92 Å². The summed E-state index contributed by atoms with van der Waals surface area (Å²) < 4.78 is 5.34. The van der Waals surface area contributed by atoms with Crippen molar-refractivity contribution in [1.82, 2.24) is 10.3 Å². The fraction of sp³-hybridized carbons (Fsp3) is 0.500. The predicted molar refractivity (Wildman–Crippen MR) is 85.8 cm³/mol. The molecule has 4 nitrogen and oxygen atoms in total. The lowest BCUT2D eigenvalue weighted by Crippen LogP contribution is -2.43. The number of aromatic amines is 1. The number of nitrogens with one attached hydrogen (secondary N) is 2. The molecule has 1 fully saturated rings. The second-order valence-electron chi connectivity index (χ2n) is 6.46. The van der Waals surface area contributed by atoms with E-state index in [1.54, 1.807) is 0 Å². The molecule has 0 spiro atoms. The third-order valence-electron chi connectivity index (χ3n) is 5.03. The van der Waals surface area contributed by atoms with Crippen molar-refractivity contribution in [2.45, 2.75) is 38.1 Å². The maximum atomic E-state index is 12.4. The summed E-state index contributed by atoms with van der Waals surface area (Å²) in [7, 11) is 0. The maximum absolute atomic E-state index is 12.4. The fourth-order valence-corrected chi connectivity index (χ4v) is 3.77. The third kappa shape index (κ3) is 2.52. The van der Waals surface area contributed by atoms with Gasteiger partial charge in [-0.05, 0) is 43.7 Å². The normalized spacial score (nSPS) is 22.5. The number of amides is 1.